The zero-order chi connectivity index (χ0) is 17.2. The van der Waals surface area contributed by atoms with Crippen molar-refractivity contribution in [3.63, 3.8) is 0 Å². The maximum absolute atomic E-state index is 12.9. The third-order valence-corrected chi connectivity index (χ3v) is 4.67. The molecule has 3 aromatic rings. The van der Waals surface area contributed by atoms with Gasteiger partial charge in [0.1, 0.15) is 17.2 Å². The quantitative estimate of drug-likeness (QED) is 0.795. The summed E-state index contributed by atoms with van der Waals surface area (Å²) in [4.78, 5) is 23.5. The lowest BCUT2D eigenvalue weighted by molar-refractivity contribution is 0.0697. The summed E-state index contributed by atoms with van der Waals surface area (Å²) in [6.07, 6.45) is 7.50. The zero-order valence-electron chi connectivity index (χ0n) is 14.1. The van der Waals surface area contributed by atoms with Gasteiger partial charge in [0, 0.05) is 44.6 Å². The number of carbonyl (C=O) groups is 1. The molecule has 128 valence electrons. The van der Waals surface area contributed by atoms with E-state index in [9.17, 15) is 4.79 Å². The van der Waals surface area contributed by atoms with Gasteiger partial charge in [-0.2, -0.15) is 5.10 Å². The Morgan fingerprint density at radius 3 is 2.92 bits per heavy atom. The average Bonchev–Trinajstić information content (AvgIpc) is 3.31. The van der Waals surface area contributed by atoms with Crippen molar-refractivity contribution in [2.75, 3.05) is 13.1 Å². The molecule has 0 spiro atoms. The molecule has 0 aliphatic carbocycles. The van der Waals surface area contributed by atoms with Crippen LogP contribution in [-0.4, -0.2) is 48.6 Å². The van der Waals surface area contributed by atoms with E-state index in [0.29, 0.717) is 17.9 Å². The number of rotatable bonds is 3. The van der Waals surface area contributed by atoms with Crippen LogP contribution in [-0.2, 0) is 7.05 Å². The summed E-state index contributed by atoms with van der Waals surface area (Å²) >= 11 is 0. The van der Waals surface area contributed by atoms with E-state index in [0.717, 1.165) is 30.9 Å². The van der Waals surface area contributed by atoms with Crippen molar-refractivity contribution in [1.82, 2.24) is 29.6 Å². The van der Waals surface area contributed by atoms with E-state index in [4.69, 9.17) is 0 Å². The summed E-state index contributed by atoms with van der Waals surface area (Å²) in [5.41, 5.74) is 1.94. The highest BCUT2D eigenvalue weighted by molar-refractivity contribution is 5.93. The van der Waals surface area contributed by atoms with Gasteiger partial charge in [0.15, 0.2) is 0 Å². The predicted molar refractivity (Wildman–Crippen MR) is 92.9 cm³/mol. The first-order valence-corrected chi connectivity index (χ1v) is 8.45. The molecule has 0 saturated carbocycles. The lowest BCUT2D eigenvalue weighted by Gasteiger charge is -2.32. The van der Waals surface area contributed by atoms with Crippen LogP contribution in [0.4, 0.5) is 0 Å². The Balaban J connectivity index is 1.51. The molecule has 0 radical (unpaired) electrons. The van der Waals surface area contributed by atoms with Crippen molar-refractivity contribution in [3.8, 4) is 11.4 Å². The molecule has 0 aromatic carbocycles. The fourth-order valence-electron chi connectivity index (χ4n) is 3.39. The second-order valence-corrected chi connectivity index (χ2v) is 6.37. The monoisotopic (exact) mass is 336 g/mol. The largest absolute Gasteiger partial charge is 0.338 e. The molecule has 1 fully saturated rings. The van der Waals surface area contributed by atoms with Gasteiger partial charge >= 0.3 is 0 Å². The van der Waals surface area contributed by atoms with Gasteiger partial charge in [-0.25, -0.2) is 4.98 Å². The number of piperidine rings is 1. The van der Waals surface area contributed by atoms with Gasteiger partial charge in [0.25, 0.3) is 5.91 Å². The first-order chi connectivity index (χ1) is 12.2. The summed E-state index contributed by atoms with van der Waals surface area (Å²) in [5, 5.41) is 7.09. The number of hydrogen-bond acceptors (Lipinski definition) is 4. The first-order valence-electron chi connectivity index (χ1n) is 8.45. The topological polar surface area (TPSA) is 79.7 Å². The van der Waals surface area contributed by atoms with Crippen LogP contribution in [0.3, 0.4) is 0 Å². The number of amides is 1. The number of nitrogens with zero attached hydrogens (tertiary/aromatic N) is 5. The summed E-state index contributed by atoms with van der Waals surface area (Å²) in [7, 11) is 2.00. The molecule has 1 atom stereocenters. The molecule has 7 nitrogen and oxygen atoms in total. The van der Waals surface area contributed by atoms with Crippen LogP contribution in [0.5, 0.6) is 0 Å². The Morgan fingerprint density at radius 2 is 2.16 bits per heavy atom. The molecule has 1 aliphatic rings. The average molecular weight is 336 g/mol. The van der Waals surface area contributed by atoms with Gasteiger partial charge in [-0.1, -0.05) is 6.07 Å². The molecule has 1 amide bonds. The maximum Gasteiger partial charge on any atom is 0.271 e. The summed E-state index contributed by atoms with van der Waals surface area (Å²) < 4.78 is 2.04. The molecular formula is C18H20N6O. The predicted octanol–water partition coefficient (Wildman–Crippen LogP) is 2.23. The molecule has 1 unspecified atom stereocenters. The van der Waals surface area contributed by atoms with Crippen LogP contribution in [0.2, 0.25) is 0 Å². The molecule has 7 heteroatoms. The Bertz CT molecular complexity index is 869. The number of nitrogens with one attached hydrogen (secondary N) is 1. The Morgan fingerprint density at radius 1 is 1.24 bits per heavy atom. The molecule has 1 aliphatic heterocycles. The zero-order valence-corrected chi connectivity index (χ0v) is 14.1. The highest BCUT2D eigenvalue weighted by atomic mass is 16.2. The fourth-order valence-corrected chi connectivity index (χ4v) is 3.39. The number of hydrogen-bond donors (Lipinski definition) is 1. The Kier molecular flexibility index (Phi) is 4.05. The molecule has 4 heterocycles. The number of H-pyrrole nitrogens is 1. The molecular weight excluding hydrogens is 316 g/mol. The third kappa shape index (κ3) is 3.05. The molecule has 0 bridgehead atoms. The third-order valence-electron chi connectivity index (χ3n) is 4.67. The van der Waals surface area contributed by atoms with E-state index in [2.05, 4.69) is 20.2 Å². The standard InChI is InChI=1S/C18H20N6O/c1-23-10-8-20-17(23)13-5-4-9-24(12-13)18(25)16-11-15(21-22-16)14-6-2-3-7-19-14/h2-3,6-8,10-11,13H,4-5,9,12H2,1H3,(H,21,22). The van der Waals surface area contributed by atoms with Crippen molar-refractivity contribution < 1.29 is 4.79 Å². The van der Waals surface area contributed by atoms with Crippen LogP contribution in [0, 0.1) is 0 Å². The van der Waals surface area contributed by atoms with E-state index in [1.165, 1.54) is 0 Å². The minimum atomic E-state index is -0.0198. The number of aromatic nitrogens is 5. The van der Waals surface area contributed by atoms with Crippen LogP contribution in [0.1, 0.15) is 35.1 Å². The van der Waals surface area contributed by atoms with Crippen molar-refractivity contribution >= 4 is 5.91 Å². The first kappa shape index (κ1) is 15.6. The second kappa shape index (κ2) is 6.51. The smallest absolute Gasteiger partial charge is 0.271 e. The molecule has 3 aromatic heterocycles. The Labute approximate surface area is 145 Å². The van der Waals surface area contributed by atoms with Gasteiger partial charge in [0.05, 0.1) is 5.69 Å². The number of pyridine rings is 1. The van der Waals surface area contributed by atoms with Crippen LogP contribution in [0.25, 0.3) is 11.4 Å². The van der Waals surface area contributed by atoms with E-state index >= 15 is 0 Å². The lowest BCUT2D eigenvalue weighted by atomic mass is 9.97. The summed E-state index contributed by atoms with van der Waals surface area (Å²) in [5.74, 6) is 1.29. The van der Waals surface area contributed by atoms with Gasteiger partial charge < -0.3 is 9.47 Å². The van der Waals surface area contributed by atoms with Gasteiger partial charge in [-0.15, -0.1) is 0 Å². The Hall–Kier alpha value is -2.96. The van der Waals surface area contributed by atoms with Gasteiger partial charge in [0.2, 0.25) is 0 Å². The van der Waals surface area contributed by atoms with Crippen molar-refractivity contribution in [3.05, 3.63) is 54.4 Å². The number of likely N-dealkylation sites (tertiary alicyclic amines) is 1. The molecule has 25 heavy (non-hydrogen) atoms. The number of carbonyl (C=O) groups excluding carboxylic acids is 1. The summed E-state index contributed by atoms with van der Waals surface area (Å²) in [6.45, 7) is 1.44. The minimum Gasteiger partial charge on any atom is -0.338 e. The number of aromatic amines is 1. The van der Waals surface area contributed by atoms with Gasteiger partial charge in [-0.3, -0.25) is 14.9 Å². The number of aryl methyl sites for hydroxylation is 1. The fraction of sp³-hybridized carbons (Fsp3) is 0.333. The second-order valence-electron chi connectivity index (χ2n) is 6.37. The van der Waals surface area contributed by atoms with Crippen molar-refractivity contribution in [2.24, 2.45) is 7.05 Å². The molecule has 4 rings (SSSR count). The van der Waals surface area contributed by atoms with E-state index in [1.807, 2.05) is 47.1 Å². The van der Waals surface area contributed by atoms with E-state index in [1.54, 1.807) is 12.3 Å². The molecule has 1 saturated heterocycles. The van der Waals surface area contributed by atoms with Crippen molar-refractivity contribution in [1.29, 1.82) is 0 Å². The maximum atomic E-state index is 12.9. The van der Waals surface area contributed by atoms with Crippen molar-refractivity contribution in [2.45, 2.75) is 18.8 Å². The lowest BCUT2D eigenvalue weighted by Crippen LogP contribution is -2.39. The normalized spacial score (nSPS) is 17.6. The highest BCUT2D eigenvalue weighted by Gasteiger charge is 2.28. The number of imidazole rings is 1. The van der Waals surface area contributed by atoms with E-state index < -0.39 is 0 Å². The van der Waals surface area contributed by atoms with Crippen LogP contribution in [0.15, 0.2) is 42.9 Å². The summed E-state index contributed by atoms with van der Waals surface area (Å²) in [6, 6.07) is 7.41. The van der Waals surface area contributed by atoms with Crippen LogP contribution < -0.4 is 0 Å². The SMILES string of the molecule is Cn1ccnc1C1CCCN(C(=O)c2cc(-c3ccccn3)n[nH]2)C1. The van der Waals surface area contributed by atoms with E-state index in [-0.39, 0.29) is 11.8 Å². The van der Waals surface area contributed by atoms with Gasteiger partial charge in [-0.05, 0) is 31.0 Å². The minimum absolute atomic E-state index is 0.0198. The van der Waals surface area contributed by atoms with Crippen LogP contribution >= 0.6 is 0 Å². The molecule has 1 N–H and O–H groups in total. The highest BCUT2D eigenvalue weighted by Crippen LogP contribution is 2.26.